The monoisotopic (exact) mass is 220 g/mol. The third kappa shape index (κ3) is 1.81. The van der Waals surface area contributed by atoms with Gasteiger partial charge in [-0.1, -0.05) is 6.92 Å². The predicted octanol–water partition coefficient (Wildman–Crippen LogP) is 2.23. The fourth-order valence-electron chi connectivity index (χ4n) is 2.78. The number of carbonyl (C=O) groups is 1. The Kier molecular flexibility index (Phi) is 2.49. The van der Waals surface area contributed by atoms with Crippen molar-refractivity contribution >= 4 is 5.91 Å². The summed E-state index contributed by atoms with van der Waals surface area (Å²) in [4.78, 5) is 12.1. The lowest BCUT2D eigenvalue weighted by Crippen LogP contribution is -2.55. The van der Waals surface area contributed by atoms with E-state index in [1.54, 1.807) is 0 Å². The average Bonchev–Trinajstić information content (AvgIpc) is 2.94. The van der Waals surface area contributed by atoms with E-state index in [1.807, 2.05) is 0 Å². The molecule has 0 atom stereocenters. The van der Waals surface area contributed by atoms with Gasteiger partial charge in [0.15, 0.2) is 0 Å². The molecule has 2 aliphatic carbocycles. The molecule has 3 heteroatoms. The van der Waals surface area contributed by atoms with Crippen LogP contribution in [0.25, 0.3) is 0 Å². The second-order valence-corrected chi connectivity index (χ2v) is 6.16. The maximum atomic E-state index is 12.1. The molecule has 0 spiro atoms. The first-order chi connectivity index (χ1) is 7.39. The van der Waals surface area contributed by atoms with Crippen LogP contribution in [-0.2, 0) is 4.79 Å². The summed E-state index contributed by atoms with van der Waals surface area (Å²) in [5.74, 6) is 1.06. The van der Waals surface area contributed by atoms with Crippen LogP contribution in [0.2, 0.25) is 0 Å². The predicted molar refractivity (Wildman–Crippen MR) is 61.4 cm³/mol. The van der Waals surface area contributed by atoms with Gasteiger partial charge in [0, 0.05) is 5.54 Å². The SMILES string of the molecule is CC1CC(C#N)(C(=O)NC(C)(C)C2CC2)C1. The van der Waals surface area contributed by atoms with Crippen LogP contribution in [0.4, 0.5) is 0 Å². The number of amides is 1. The van der Waals surface area contributed by atoms with Crippen LogP contribution in [-0.4, -0.2) is 11.4 Å². The molecular weight excluding hydrogens is 200 g/mol. The minimum absolute atomic E-state index is 0.0509. The zero-order valence-corrected chi connectivity index (χ0v) is 10.3. The van der Waals surface area contributed by atoms with Crippen LogP contribution in [0.5, 0.6) is 0 Å². The Morgan fingerprint density at radius 3 is 2.38 bits per heavy atom. The van der Waals surface area contributed by atoms with Gasteiger partial charge in [0.2, 0.25) is 5.91 Å². The van der Waals surface area contributed by atoms with Crippen LogP contribution in [0.15, 0.2) is 0 Å². The highest BCUT2D eigenvalue weighted by molar-refractivity contribution is 5.87. The van der Waals surface area contributed by atoms with Crippen molar-refractivity contribution in [2.24, 2.45) is 17.3 Å². The molecule has 0 radical (unpaired) electrons. The number of nitriles is 1. The number of hydrogen-bond donors (Lipinski definition) is 1. The van der Waals surface area contributed by atoms with Crippen LogP contribution in [0, 0.1) is 28.6 Å². The minimum Gasteiger partial charge on any atom is -0.350 e. The lowest BCUT2D eigenvalue weighted by molar-refractivity contribution is -0.136. The summed E-state index contributed by atoms with van der Waals surface area (Å²) in [7, 11) is 0. The highest BCUT2D eigenvalue weighted by Gasteiger charge is 2.51. The molecule has 3 nitrogen and oxygen atoms in total. The molecule has 0 aromatic heterocycles. The number of nitrogens with zero attached hydrogens (tertiary/aromatic N) is 1. The molecule has 16 heavy (non-hydrogen) atoms. The van der Waals surface area contributed by atoms with Gasteiger partial charge in [-0.25, -0.2) is 0 Å². The van der Waals surface area contributed by atoms with E-state index in [1.165, 1.54) is 12.8 Å². The molecule has 0 unspecified atom stereocenters. The third-order valence-corrected chi connectivity index (χ3v) is 4.08. The van der Waals surface area contributed by atoms with Crippen molar-refractivity contribution < 1.29 is 4.79 Å². The van der Waals surface area contributed by atoms with Crippen molar-refractivity contribution in [2.45, 2.75) is 52.0 Å². The van der Waals surface area contributed by atoms with Crippen molar-refractivity contribution in [3.8, 4) is 6.07 Å². The van der Waals surface area contributed by atoms with Gasteiger partial charge < -0.3 is 5.32 Å². The average molecular weight is 220 g/mol. The van der Waals surface area contributed by atoms with Gasteiger partial charge in [-0.3, -0.25) is 4.79 Å². The molecular formula is C13H20N2O. The largest absolute Gasteiger partial charge is 0.350 e. The highest BCUT2D eigenvalue weighted by atomic mass is 16.2. The van der Waals surface area contributed by atoms with Crippen molar-refractivity contribution in [2.75, 3.05) is 0 Å². The topological polar surface area (TPSA) is 52.9 Å². The first-order valence-electron chi connectivity index (χ1n) is 6.13. The Hall–Kier alpha value is -1.04. The molecule has 1 amide bonds. The van der Waals surface area contributed by atoms with Gasteiger partial charge in [-0.15, -0.1) is 0 Å². The van der Waals surface area contributed by atoms with E-state index in [2.05, 4.69) is 32.2 Å². The van der Waals surface area contributed by atoms with Crippen molar-refractivity contribution in [1.29, 1.82) is 5.26 Å². The summed E-state index contributed by atoms with van der Waals surface area (Å²) >= 11 is 0. The number of rotatable bonds is 3. The van der Waals surface area contributed by atoms with Gasteiger partial charge in [-0.2, -0.15) is 5.26 Å². The quantitative estimate of drug-likeness (QED) is 0.793. The standard InChI is InChI=1S/C13H20N2O/c1-9-6-13(7-9,8-14)11(16)15-12(2,3)10-4-5-10/h9-10H,4-7H2,1-3H3,(H,15,16). The summed E-state index contributed by atoms with van der Waals surface area (Å²) in [5.41, 5.74) is -0.870. The molecule has 0 heterocycles. The smallest absolute Gasteiger partial charge is 0.240 e. The van der Waals surface area contributed by atoms with Gasteiger partial charge in [-0.05, 0) is 51.4 Å². The minimum atomic E-state index is -0.731. The van der Waals surface area contributed by atoms with E-state index in [4.69, 9.17) is 5.26 Å². The molecule has 88 valence electrons. The Morgan fingerprint density at radius 2 is 2.00 bits per heavy atom. The molecule has 1 N–H and O–H groups in total. The Bertz CT molecular complexity index is 343. The summed E-state index contributed by atoms with van der Waals surface area (Å²) in [6, 6.07) is 2.21. The Labute approximate surface area is 97.2 Å². The first kappa shape index (κ1) is 11.4. The first-order valence-corrected chi connectivity index (χ1v) is 6.13. The van der Waals surface area contributed by atoms with E-state index >= 15 is 0 Å². The lowest BCUT2D eigenvalue weighted by atomic mass is 9.63. The maximum Gasteiger partial charge on any atom is 0.240 e. The van der Waals surface area contributed by atoms with Crippen molar-refractivity contribution in [3.63, 3.8) is 0 Å². The fraction of sp³-hybridized carbons (Fsp3) is 0.846. The van der Waals surface area contributed by atoms with Crippen molar-refractivity contribution in [3.05, 3.63) is 0 Å². The van der Waals surface area contributed by atoms with Gasteiger partial charge in [0.1, 0.15) is 5.41 Å². The van der Waals surface area contributed by atoms with E-state index in [0.717, 1.165) is 12.8 Å². The molecule has 2 saturated carbocycles. The molecule has 0 aromatic rings. The van der Waals surface area contributed by atoms with Gasteiger partial charge in [0.05, 0.1) is 6.07 Å². The summed E-state index contributed by atoms with van der Waals surface area (Å²) in [6.07, 6.45) is 3.83. The second kappa shape index (κ2) is 3.48. The molecule has 0 aliphatic heterocycles. The summed E-state index contributed by atoms with van der Waals surface area (Å²) in [5, 5.41) is 12.2. The zero-order chi connectivity index (χ0) is 12.0. The van der Waals surface area contributed by atoms with E-state index in [-0.39, 0.29) is 11.4 Å². The Balaban J connectivity index is 2.00. The zero-order valence-electron chi connectivity index (χ0n) is 10.3. The van der Waals surface area contributed by atoms with Gasteiger partial charge in [0.25, 0.3) is 0 Å². The molecule has 0 bridgehead atoms. The summed E-state index contributed by atoms with van der Waals surface area (Å²) < 4.78 is 0. The molecule has 0 aromatic carbocycles. The molecule has 2 fully saturated rings. The van der Waals surface area contributed by atoms with Crippen LogP contribution >= 0.6 is 0 Å². The molecule has 0 saturated heterocycles. The van der Waals surface area contributed by atoms with Crippen LogP contribution in [0.3, 0.4) is 0 Å². The lowest BCUT2D eigenvalue weighted by Gasteiger charge is -2.41. The van der Waals surface area contributed by atoms with Gasteiger partial charge >= 0.3 is 0 Å². The Morgan fingerprint density at radius 1 is 1.44 bits per heavy atom. The van der Waals surface area contributed by atoms with E-state index in [0.29, 0.717) is 11.8 Å². The maximum absolute atomic E-state index is 12.1. The second-order valence-electron chi connectivity index (χ2n) is 6.16. The number of nitrogens with one attached hydrogen (secondary N) is 1. The van der Waals surface area contributed by atoms with E-state index < -0.39 is 5.41 Å². The highest BCUT2D eigenvalue weighted by Crippen LogP contribution is 2.46. The number of carbonyl (C=O) groups excluding carboxylic acids is 1. The molecule has 2 rings (SSSR count). The van der Waals surface area contributed by atoms with Crippen LogP contribution < -0.4 is 5.32 Å². The van der Waals surface area contributed by atoms with Crippen LogP contribution in [0.1, 0.15) is 46.5 Å². The summed E-state index contributed by atoms with van der Waals surface area (Å²) in [6.45, 7) is 6.22. The number of hydrogen-bond acceptors (Lipinski definition) is 2. The molecule has 2 aliphatic rings. The van der Waals surface area contributed by atoms with E-state index in [9.17, 15) is 4.79 Å². The van der Waals surface area contributed by atoms with Crippen molar-refractivity contribution in [1.82, 2.24) is 5.32 Å². The third-order valence-electron chi connectivity index (χ3n) is 4.08. The normalized spacial score (nSPS) is 33.8. The fourth-order valence-corrected chi connectivity index (χ4v) is 2.78.